The second-order valence-electron chi connectivity index (χ2n) is 6.52. The summed E-state index contributed by atoms with van der Waals surface area (Å²) in [6, 6.07) is 8.18. The second-order valence-corrected chi connectivity index (χ2v) is 6.52. The number of para-hydroxylation sites is 1. The molecule has 0 saturated carbocycles. The van der Waals surface area contributed by atoms with Crippen LogP contribution in [0.5, 0.6) is 0 Å². The molecule has 6 heteroatoms. The molecular weight excluding hydrogens is 318 g/mol. The molecule has 0 aliphatic carbocycles. The number of amides is 1. The van der Waals surface area contributed by atoms with Crippen LogP contribution in [0.4, 0.5) is 5.69 Å². The van der Waals surface area contributed by atoms with Crippen molar-refractivity contribution >= 4 is 17.6 Å². The molecule has 1 amide bonds. The normalized spacial score (nSPS) is 16.1. The number of anilines is 1. The zero-order chi connectivity index (χ0) is 18.2. The summed E-state index contributed by atoms with van der Waals surface area (Å²) in [6.45, 7) is 6.93. The third-order valence-electron chi connectivity index (χ3n) is 4.86. The number of nitrogens with one attached hydrogen (secondary N) is 1. The highest BCUT2D eigenvalue weighted by molar-refractivity contribution is 5.93. The van der Waals surface area contributed by atoms with Crippen LogP contribution < -0.4 is 5.32 Å². The lowest BCUT2D eigenvalue weighted by Crippen LogP contribution is -2.48. The van der Waals surface area contributed by atoms with Gasteiger partial charge >= 0.3 is 5.97 Å². The fraction of sp³-hybridized carbons (Fsp3) is 0.579. The molecule has 0 spiro atoms. The fourth-order valence-electron chi connectivity index (χ4n) is 3.46. The van der Waals surface area contributed by atoms with Crippen LogP contribution >= 0.6 is 0 Å². The van der Waals surface area contributed by atoms with Crippen LogP contribution in [0.15, 0.2) is 24.3 Å². The van der Waals surface area contributed by atoms with E-state index in [4.69, 9.17) is 5.11 Å². The largest absolute Gasteiger partial charge is 0.480 e. The number of benzene rings is 1. The first-order valence-corrected chi connectivity index (χ1v) is 9.09. The van der Waals surface area contributed by atoms with Gasteiger partial charge in [-0.25, -0.2) is 0 Å². The number of aliphatic carboxylic acids is 1. The van der Waals surface area contributed by atoms with Gasteiger partial charge < -0.3 is 10.4 Å². The summed E-state index contributed by atoms with van der Waals surface area (Å²) < 4.78 is 0. The Labute approximate surface area is 149 Å². The van der Waals surface area contributed by atoms with Gasteiger partial charge in [0.25, 0.3) is 0 Å². The Morgan fingerprint density at radius 3 is 2.52 bits per heavy atom. The highest BCUT2D eigenvalue weighted by Gasteiger charge is 2.25. The number of carbonyl (C=O) groups is 2. The standard InChI is InChI=1S/C19H29N3O3/c1-3-15-7-5-6-8-17(15)20-18(23)13-21-11-9-16(10-12-21)22(4-2)14-19(24)25/h5-8,16H,3-4,9-14H2,1-2H3,(H,20,23)(H,24,25). The zero-order valence-corrected chi connectivity index (χ0v) is 15.2. The molecule has 1 fully saturated rings. The van der Waals surface area contributed by atoms with Crippen LogP contribution in [-0.2, 0) is 16.0 Å². The summed E-state index contributed by atoms with van der Waals surface area (Å²) >= 11 is 0. The average molecular weight is 347 g/mol. The second kappa shape index (κ2) is 9.53. The molecule has 2 N–H and O–H groups in total. The molecule has 0 unspecified atom stereocenters. The lowest BCUT2D eigenvalue weighted by molar-refractivity contribution is -0.139. The maximum atomic E-state index is 12.3. The topological polar surface area (TPSA) is 72.9 Å². The Bertz CT molecular complexity index is 583. The number of carboxylic acid groups (broad SMARTS) is 1. The monoisotopic (exact) mass is 347 g/mol. The lowest BCUT2D eigenvalue weighted by atomic mass is 10.0. The zero-order valence-electron chi connectivity index (χ0n) is 15.2. The van der Waals surface area contributed by atoms with Gasteiger partial charge in [-0.15, -0.1) is 0 Å². The molecule has 1 aromatic rings. The van der Waals surface area contributed by atoms with Crippen LogP contribution in [0.1, 0.15) is 32.3 Å². The summed E-state index contributed by atoms with van der Waals surface area (Å²) in [5.74, 6) is -0.768. The third kappa shape index (κ3) is 5.83. The molecule has 0 radical (unpaired) electrons. The van der Waals surface area contributed by atoms with Gasteiger partial charge in [-0.2, -0.15) is 0 Å². The van der Waals surface area contributed by atoms with Crippen molar-refractivity contribution in [2.24, 2.45) is 0 Å². The summed E-state index contributed by atoms with van der Waals surface area (Å²) in [5.41, 5.74) is 2.03. The number of likely N-dealkylation sites (N-methyl/N-ethyl adjacent to an activating group) is 1. The Morgan fingerprint density at radius 2 is 1.92 bits per heavy atom. The van der Waals surface area contributed by atoms with Crippen LogP contribution in [0.3, 0.4) is 0 Å². The smallest absolute Gasteiger partial charge is 0.317 e. The van der Waals surface area contributed by atoms with Crippen LogP contribution in [0.25, 0.3) is 0 Å². The molecule has 2 rings (SSSR count). The first-order chi connectivity index (χ1) is 12.0. The Hall–Kier alpha value is -1.92. The minimum atomic E-state index is -0.779. The number of hydrogen-bond acceptors (Lipinski definition) is 4. The number of hydrogen-bond donors (Lipinski definition) is 2. The first kappa shape index (κ1) is 19.4. The highest BCUT2D eigenvalue weighted by atomic mass is 16.4. The minimum Gasteiger partial charge on any atom is -0.480 e. The quantitative estimate of drug-likeness (QED) is 0.753. The van der Waals surface area contributed by atoms with E-state index in [1.165, 1.54) is 0 Å². The van der Waals surface area contributed by atoms with E-state index in [1.807, 2.05) is 36.1 Å². The van der Waals surface area contributed by atoms with E-state index in [2.05, 4.69) is 17.1 Å². The van der Waals surface area contributed by atoms with Crippen molar-refractivity contribution in [2.75, 3.05) is 38.0 Å². The number of aryl methyl sites for hydroxylation is 1. The molecule has 1 aromatic carbocycles. The molecule has 0 aromatic heterocycles. The third-order valence-corrected chi connectivity index (χ3v) is 4.86. The molecular formula is C19H29N3O3. The predicted octanol–water partition coefficient (Wildman–Crippen LogP) is 2.06. The Morgan fingerprint density at radius 1 is 1.24 bits per heavy atom. The molecule has 138 valence electrons. The van der Waals surface area contributed by atoms with Crippen molar-refractivity contribution in [3.05, 3.63) is 29.8 Å². The van der Waals surface area contributed by atoms with Crippen LogP contribution in [0.2, 0.25) is 0 Å². The Kier molecular flexibility index (Phi) is 7.40. The fourth-order valence-corrected chi connectivity index (χ4v) is 3.46. The van der Waals surface area contributed by atoms with E-state index in [0.717, 1.165) is 50.1 Å². The van der Waals surface area contributed by atoms with E-state index < -0.39 is 5.97 Å². The highest BCUT2D eigenvalue weighted by Crippen LogP contribution is 2.18. The number of rotatable bonds is 8. The van der Waals surface area contributed by atoms with Crippen molar-refractivity contribution in [3.63, 3.8) is 0 Å². The number of likely N-dealkylation sites (tertiary alicyclic amines) is 1. The number of carboxylic acids is 1. The van der Waals surface area contributed by atoms with Gasteiger partial charge in [0, 0.05) is 24.8 Å². The van der Waals surface area contributed by atoms with Crippen LogP contribution in [-0.4, -0.2) is 65.5 Å². The van der Waals surface area contributed by atoms with E-state index in [1.54, 1.807) is 0 Å². The van der Waals surface area contributed by atoms with E-state index >= 15 is 0 Å². The van der Waals surface area contributed by atoms with Crippen molar-refractivity contribution in [1.29, 1.82) is 0 Å². The number of piperidine rings is 1. The molecule has 1 aliphatic rings. The molecule has 0 bridgehead atoms. The molecule has 1 saturated heterocycles. The molecule has 1 aliphatic heterocycles. The molecule has 1 heterocycles. The Balaban J connectivity index is 1.81. The average Bonchev–Trinajstić information content (AvgIpc) is 2.60. The summed E-state index contributed by atoms with van der Waals surface area (Å²) in [7, 11) is 0. The molecule has 0 atom stereocenters. The van der Waals surface area contributed by atoms with Crippen molar-refractivity contribution in [1.82, 2.24) is 9.80 Å². The van der Waals surface area contributed by atoms with Gasteiger partial charge in [0.15, 0.2) is 0 Å². The van der Waals surface area contributed by atoms with Gasteiger partial charge in [0.2, 0.25) is 5.91 Å². The number of carbonyl (C=O) groups excluding carboxylic acids is 1. The van der Waals surface area contributed by atoms with E-state index in [-0.39, 0.29) is 12.5 Å². The maximum absolute atomic E-state index is 12.3. The SMILES string of the molecule is CCc1ccccc1NC(=O)CN1CCC(N(CC)CC(=O)O)CC1. The van der Waals surface area contributed by atoms with E-state index in [0.29, 0.717) is 12.6 Å². The van der Waals surface area contributed by atoms with E-state index in [9.17, 15) is 9.59 Å². The van der Waals surface area contributed by atoms with Gasteiger partial charge in [0.1, 0.15) is 0 Å². The molecule has 25 heavy (non-hydrogen) atoms. The number of nitrogens with zero attached hydrogens (tertiary/aromatic N) is 2. The van der Waals surface area contributed by atoms with Crippen molar-refractivity contribution < 1.29 is 14.7 Å². The summed E-state index contributed by atoms with van der Waals surface area (Å²) in [6.07, 6.45) is 2.69. The van der Waals surface area contributed by atoms with Gasteiger partial charge in [-0.3, -0.25) is 19.4 Å². The summed E-state index contributed by atoms with van der Waals surface area (Å²) in [5, 5.41) is 12.0. The van der Waals surface area contributed by atoms with Gasteiger partial charge in [-0.1, -0.05) is 32.0 Å². The lowest BCUT2D eigenvalue weighted by Gasteiger charge is -2.37. The van der Waals surface area contributed by atoms with Gasteiger partial charge in [-0.05, 0) is 37.4 Å². The maximum Gasteiger partial charge on any atom is 0.317 e. The first-order valence-electron chi connectivity index (χ1n) is 9.09. The van der Waals surface area contributed by atoms with Crippen molar-refractivity contribution in [2.45, 2.75) is 39.2 Å². The predicted molar refractivity (Wildman–Crippen MR) is 98.8 cm³/mol. The molecule has 6 nitrogen and oxygen atoms in total. The van der Waals surface area contributed by atoms with Gasteiger partial charge in [0.05, 0.1) is 13.1 Å². The van der Waals surface area contributed by atoms with Crippen LogP contribution in [0, 0.1) is 0 Å². The summed E-state index contributed by atoms with van der Waals surface area (Å²) in [4.78, 5) is 27.4. The van der Waals surface area contributed by atoms with Crippen molar-refractivity contribution in [3.8, 4) is 0 Å². The minimum absolute atomic E-state index is 0.0113.